The molecule has 0 spiro atoms. The SMILES string of the molecule is CC(C)c1cnn2c(NCc3cn4cc(F)ccc4n3)cc(NCC3CCNCC3)nc12. The van der Waals surface area contributed by atoms with Crippen LogP contribution < -0.4 is 16.0 Å². The van der Waals surface area contributed by atoms with Crippen molar-refractivity contribution in [1.82, 2.24) is 29.3 Å². The summed E-state index contributed by atoms with van der Waals surface area (Å²) in [5.74, 6) is 2.38. The van der Waals surface area contributed by atoms with E-state index in [9.17, 15) is 4.39 Å². The number of nitrogens with zero attached hydrogens (tertiary/aromatic N) is 5. The smallest absolute Gasteiger partial charge is 0.163 e. The standard InChI is InChI=1S/C23H29FN8/c1-15(2)19-12-28-32-22(27-11-18-14-31-13-17(24)3-4-21(31)29-18)9-20(30-23(19)32)26-10-16-5-7-25-8-6-16/h3-4,9,12-16,25,27H,5-8,10-11H2,1-2H3,(H,26,30). The monoisotopic (exact) mass is 436 g/mol. The van der Waals surface area contributed by atoms with Crippen LogP contribution >= 0.6 is 0 Å². The molecule has 0 aromatic carbocycles. The van der Waals surface area contributed by atoms with Crippen LogP contribution in [0.25, 0.3) is 11.3 Å². The molecule has 9 heteroatoms. The zero-order valence-corrected chi connectivity index (χ0v) is 18.5. The maximum absolute atomic E-state index is 13.5. The molecule has 1 aliphatic rings. The number of rotatable bonds is 7. The van der Waals surface area contributed by atoms with Gasteiger partial charge in [-0.05, 0) is 49.9 Å². The lowest BCUT2D eigenvalue weighted by atomic mass is 9.98. The van der Waals surface area contributed by atoms with Gasteiger partial charge < -0.3 is 20.4 Å². The Labute approximate surface area is 186 Å². The Morgan fingerprint density at radius 1 is 1.16 bits per heavy atom. The molecule has 1 fully saturated rings. The third-order valence-electron chi connectivity index (χ3n) is 6.07. The van der Waals surface area contributed by atoms with Gasteiger partial charge in [-0.1, -0.05) is 13.8 Å². The van der Waals surface area contributed by atoms with E-state index in [1.807, 2.05) is 23.0 Å². The first-order chi connectivity index (χ1) is 15.6. The molecular weight excluding hydrogens is 407 g/mol. The Balaban J connectivity index is 1.40. The predicted octanol–water partition coefficient (Wildman–Crippen LogP) is 3.66. The first-order valence-corrected chi connectivity index (χ1v) is 11.3. The zero-order valence-electron chi connectivity index (χ0n) is 18.5. The number of nitrogens with one attached hydrogen (secondary N) is 3. The largest absolute Gasteiger partial charge is 0.370 e. The molecule has 0 aliphatic carbocycles. The number of halogens is 1. The highest BCUT2D eigenvalue weighted by Gasteiger charge is 2.16. The number of piperidine rings is 1. The summed E-state index contributed by atoms with van der Waals surface area (Å²) in [6.45, 7) is 7.86. The van der Waals surface area contributed by atoms with Crippen LogP contribution in [0.3, 0.4) is 0 Å². The molecule has 8 nitrogen and oxygen atoms in total. The Bertz CT molecular complexity index is 1220. The van der Waals surface area contributed by atoms with Crippen LogP contribution in [0.2, 0.25) is 0 Å². The van der Waals surface area contributed by atoms with Crippen LogP contribution in [-0.4, -0.2) is 43.6 Å². The van der Waals surface area contributed by atoms with Crippen molar-refractivity contribution < 1.29 is 4.39 Å². The van der Waals surface area contributed by atoms with Gasteiger partial charge in [-0.25, -0.2) is 14.4 Å². The number of fused-ring (bicyclic) bond motifs is 2. The number of anilines is 2. The molecule has 0 unspecified atom stereocenters. The number of hydrogen-bond acceptors (Lipinski definition) is 6. The van der Waals surface area contributed by atoms with Gasteiger partial charge in [0.15, 0.2) is 5.65 Å². The average Bonchev–Trinajstić information content (AvgIpc) is 3.40. The highest BCUT2D eigenvalue weighted by molar-refractivity contribution is 5.61. The van der Waals surface area contributed by atoms with E-state index in [1.54, 1.807) is 10.5 Å². The highest BCUT2D eigenvalue weighted by Crippen LogP contribution is 2.25. The van der Waals surface area contributed by atoms with Gasteiger partial charge in [0.1, 0.15) is 23.1 Å². The van der Waals surface area contributed by atoms with Crippen molar-refractivity contribution in [2.24, 2.45) is 5.92 Å². The fraction of sp³-hybridized carbons (Fsp3) is 0.435. The average molecular weight is 437 g/mol. The Morgan fingerprint density at radius 3 is 2.81 bits per heavy atom. The van der Waals surface area contributed by atoms with Crippen LogP contribution in [-0.2, 0) is 6.54 Å². The Hall–Kier alpha value is -3.20. The third-order valence-corrected chi connectivity index (χ3v) is 6.07. The third kappa shape index (κ3) is 4.25. The zero-order chi connectivity index (χ0) is 22.1. The molecule has 1 aliphatic heterocycles. The molecular formula is C23H29FN8. The van der Waals surface area contributed by atoms with E-state index in [2.05, 4.69) is 39.9 Å². The molecule has 4 aromatic rings. The number of hydrogen-bond donors (Lipinski definition) is 3. The maximum atomic E-state index is 13.5. The number of aromatic nitrogens is 5. The van der Waals surface area contributed by atoms with Crippen LogP contribution in [0.15, 0.2) is 36.8 Å². The Morgan fingerprint density at radius 2 is 2.00 bits per heavy atom. The lowest BCUT2D eigenvalue weighted by Crippen LogP contribution is -2.31. The first kappa shape index (κ1) is 20.7. The summed E-state index contributed by atoms with van der Waals surface area (Å²) in [5.41, 5.74) is 3.51. The van der Waals surface area contributed by atoms with Crippen molar-refractivity contribution in [3.8, 4) is 0 Å². The molecule has 1 saturated heterocycles. The van der Waals surface area contributed by atoms with Gasteiger partial charge in [-0.3, -0.25) is 0 Å². The minimum Gasteiger partial charge on any atom is -0.370 e. The van der Waals surface area contributed by atoms with E-state index in [-0.39, 0.29) is 5.82 Å². The lowest BCUT2D eigenvalue weighted by Gasteiger charge is -2.23. The van der Waals surface area contributed by atoms with E-state index >= 15 is 0 Å². The van der Waals surface area contributed by atoms with Crippen LogP contribution in [0.4, 0.5) is 16.0 Å². The quantitative estimate of drug-likeness (QED) is 0.410. The molecule has 5 heterocycles. The summed E-state index contributed by atoms with van der Waals surface area (Å²) in [4.78, 5) is 9.44. The fourth-order valence-corrected chi connectivity index (χ4v) is 4.22. The number of pyridine rings is 1. The van der Waals surface area contributed by atoms with E-state index < -0.39 is 0 Å². The van der Waals surface area contributed by atoms with E-state index in [4.69, 9.17) is 4.98 Å². The van der Waals surface area contributed by atoms with E-state index in [1.165, 1.54) is 25.1 Å². The van der Waals surface area contributed by atoms with E-state index in [0.717, 1.165) is 48.2 Å². The second-order valence-electron chi connectivity index (χ2n) is 8.79. The summed E-state index contributed by atoms with van der Waals surface area (Å²) in [5, 5.41) is 15.0. The van der Waals surface area contributed by atoms with Crippen molar-refractivity contribution >= 4 is 22.9 Å². The molecule has 4 aromatic heterocycles. The summed E-state index contributed by atoms with van der Waals surface area (Å²) in [7, 11) is 0. The van der Waals surface area contributed by atoms with Gasteiger partial charge in [0.05, 0.1) is 18.4 Å². The molecule has 32 heavy (non-hydrogen) atoms. The van der Waals surface area contributed by atoms with Gasteiger partial charge >= 0.3 is 0 Å². The molecule has 0 bridgehead atoms. The van der Waals surface area contributed by atoms with E-state index in [0.29, 0.717) is 24.0 Å². The summed E-state index contributed by atoms with van der Waals surface area (Å²) in [6.07, 6.45) is 7.52. The first-order valence-electron chi connectivity index (χ1n) is 11.3. The van der Waals surface area contributed by atoms with Crippen LogP contribution in [0.1, 0.15) is 43.9 Å². The number of imidazole rings is 1. The summed E-state index contributed by atoms with van der Waals surface area (Å²) < 4.78 is 17.0. The molecule has 0 atom stereocenters. The molecule has 0 radical (unpaired) electrons. The van der Waals surface area contributed by atoms with Crippen molar-refractivity contribution in [3.63, 3.8) is 0 Å². The lowest BCUT2D eigenvalue weighted by molar-refractivity contribution is 0.389. The van der Waals surface area contributed by atoms with Gasteiger partial charge in [0.2, 0.25) is 0 Å². The van der Waals surface area contributed by atoms with Crippen LogP contribution in [0.5, 0.6) is 0 Å². The molecule has 5 rings (SSSR count). The van der Waals surface area contributed by atoms with Gasteiger partial charge in [0, 0.05) is 30.6 Å². The molecule has 0 saturated carbocycles. The predicted molar refractivity (Wildman–Crippen MR) is 124 cm³/mol. The topological polar surface area (TPSA) is 83.6 Å². The van der Waals surface area contributed by atoms with Crippen molar-refractivity contribution in [2.45, 2.75) is 39.2 Å². The fourth-order valence-electron chi connectivity index (χ4n) is 4.22. The molecule has 0 amide bonds. The van der Waals surface area contributed by atoms with Crippen molar-refractivity contribution in [2.75, 3.05) is 30.3 Å². The van der Waals surface area contributed by atoms with Gasteiger partial charge in [0.25, 0.3) is 0 Å². The van der Waals surface area contributed by atoms with Crippen LogP contribution in [0, 0.1) is 11.7 Å². The summed E-state index contributed by atoms with van der Waals surface area (Å²) in [6, 6.07) is 5.10. The normalized spacial score (nSPS) is 15.1. The molecule has 168 valence electrons. The second kappa shape index (κ2) is 8.74. The van der Waals surface area contributed by atoms with Crippen molar-refractivity contribution in [1.29, 1.82) is 0 Å². The Kier molecular flexibility index (Phi) is 5.65. The van der Waals surface area contributed by atoms with Gasteiger partial charge in [-0.2, -0.15) is 9.61 Å². The minimum atomic E-state index is -0.285. The minimum absolute atomic E-state index is 0.285. The maximum Gasteiger partial charge on any atom is 0.163 e. The molecule has 3 N–H and O–H groups in total. The van der Waals surface area contributed by atoms with Crippen molar-refractivity contribution in [3.05, 3.63) is 53.9 Å². The van der Waals surface area contributed by atoms with Gasteiger partial charge in [-0.15, -0.1) is 0 Å². The highest BCUT2D eigenvalue weighted by atomic mass is 19.1. The summed E-state index contributed by atoms with van der Waals surface area (Å²) >= 11 is 0. The second-order valence-corrected chi connectivity index (χ2v) is 8.79.